The summed E-state index contributed by atoms with van der Waals surface area (Å²) in [5.74, 6) is -0.0964. The van der Waals surface area contributed by atoms with E-state index >= 15 is 0 Å². The number of hydrogen-bond acceptors (Lipinski definition) is 4. The first-order chi connectivity index (χ1) is 9.79. The van der Waals surface area contributed by atoms with Gasteiger partial charge in [0.05, 0.1) is 10.3 Å². The predicted molar refractivity (Wildman–Crippen MR) is 81.3 cm³/mol. The molecule has 1 fully saturated rings. The van der Waals surface area contributed by atoms with Crippen LogP contribution in [0.1, 0.15) is 26.7 Å². The summed E-state index contributed by atoms with van der Waals surface area (Å²) in [6, 6.07) is 5.94. The third kappa shape index (κ3) is 3.61. The molecule has 0 aliphatic heterocycles. The standard InChI is InChI=1S/C14H21N3O3S/c1-10(2)17-21(19,20)12-5-3-11(4-6-12)16-13(18)14(9-15)7-8-14/h3-6,10,17H,7-9,15H2,1-2H3,(H,16,18). The van der Waals surface area contributed by atoms with E-state index in [4.69, 9.17) is 5.73 Å². The first kappa shape index (κ1) is 15.9. The highest BCUT2D eigenvalue weighted by atomic mass is 32.2. The molecule has 0 atom stereocenters. The highest BCUT2D eigenvalue weighted by Gasteiger charge is 2.48. The van der Waals surface area contributed by atoms with Crippen molar-refractivity contribution in [1.29, 1.82) is 0 Å². The second-order valence-electron chi connectivity index (χ2n) is 5.74. The summed E-state index contributed by atoms with van der Waals surface area (Å²) in [4.78, 5) is 12.2. The lowest BCUT2D eigenvalue weighted by molar-refractivity contribution is -0.120. The molecule has 0 radical (unpaired) electrons. The molecule has 21 heavy (non-hydrogen) atoms. The second kappa shape index (κ2) is 5.75. The number of hydrogen-bond donors (Lipinski definition) is 3. The normalized spacial score (nSPS) is 16.8. The van der Waals surface area contributed by atoms with Crippen LogP contribution in [-0.4, -0.2) is 26.9 Å². The largest absolute Gasteiger partial charge is 0.329 e. The van der Waals surface area contributed by atoms with E-state index in [0.717, 1.165) is 12.8 Å². The van der Waals surface area contributed by atoms with Gasteiger partial charge in [0.15, 0.2) is 0 Å². The maximum Gasteiger partial charge on any atom is 0.240 e. The molecule has 0 aromatic heterocycles. The molecule has 2 rings (SSSR count). The number of nitrogens with one attached hydrogen (secondary N) is 2. The Morgan fingerprint density at radius 2 is 1.86 bits per heavy atom. The van der Waals surface area contributed by atoms with E-state index in [0.29, 0.717) is 12.2 Å². The number of carbonyl (C=O) groups is 1. The monoisotopic (exact) mass is 311 g/mol. The van der Waals surface area contributed by atoms with Crippen molar-refractivity contribution in [2.45, 2.75) is 37.6 Å². The van der Waals surface area contributed by atoms with Crippen molar-refractivity contribution in [2.24, 2.45) is 11.1 Å². The van der Waals surface area contributed by atoms with Crippen LogP contribution < -0.4 is 15.8 Å². The van der Waals surface area contributed by atoms with Crippen LogP contribution in [0.25, 0.3) is 0 Å². The fraction of sp³-hybridized carbons (Fsp3) is 0.500. The summed E-state index contributed by atoms with van der Waals surface area (Å²) in [6.07, 6.45) is 1.61. The van der Waals surface area contributed by atoms with Gasteiger partial charge < -0.3 is 11.1 Å². The fourth-order valence-corrected chi connectivity index (χ4v) is 3.29. The van der Waals surface area contributed by atoms with Crippen molar-refractivity contribution in [3.63, 3.8) is 0 Å². The maximum atomic E-state index is 12.0. The lowest BCUT2D eigenvalue weighted by Crippen LogP contribution is -2.31. The first-order valence-corrected chi connectivity index (χ1v) is 8.41. The maximum absolute atomic E-state index is 12.0. The molecule has 1 aliphatic rings. The van der Waals surface area contributed by atoms with Crippen molar-refractivity contribution in [3.8, 4) is 0 Å². The summed E-state index contributed by atoms with van der Waals surface area (Å²) in [5, 5.41) is 2.78. The molecule has 7 heteroatoms. The SMILES string of the molecule is CC(C)NS(=O)(=O)c1ccc(NC(=O)C2(CN)CC2)cc1. The van der Waals surface area contributed by atoms with Crippen molar-refractivity contribution >= 4 is 21.6 Å². The van der Waals surface area contributed by atoms with Gasteiger partial charge in [-0.2, -0.15) is 0 Å². The van der Waals surface area contributed by atoms with Crippen LogP contribution in [0.15, 0.2) is 29.2 Å². The number of carbonyl (C=O) groups excluding carboxylic acids is 1. The van der Waals surface area contributed by atoms with Crippen LogP contribution in [0.2, 0.25) is 0 Å². The Balaban J connectivity index is 2.07. The van der Waals surface area contributed by atoms with Crippen LogP contribution in [0, 0.1) is 5.41 Å². The van der Waals surface area contributed by atoms with Crippen molar-refractivity contribution in [2.75, 3.05) is 11.9 Å². The quantitative estimate of drug-likeness (QED) is 0.731. The predicted octanol–water partition coefficient (Wildman–Crippen LogP) is 1.05. The lowest BCUT2D eigenvalue weighted by Gasteiger charge is -2.13. The molecular weight excluding hydrogens is 290 g/mol. The molecule has 116 valence electrons. The molecule has 1 aromatic carbocycles. The van der Waals surface area contributed by atoms with Crippen LogP contribution in [0.3, 0.4) is 0 Å². The number of nitrogens with two attached hydrogens (primary N) is 1. The second-order valence-corrected chi connectivity index (χ2v) is 7.45. The van der Waals surface area contributed by atoms with E-state index in [-0.39, 0.29) is 16.8 Å². The smallest absolute Gasteiger partial charge is 0.240 e. The van der Waals surface area contributed by atoms with E-state index in [1.165, 1.54) is 12.1 Å². The average Bonchev–Trinajstić information content (AvgIpc) is 3.19. The molecule has 1 aromatic rings. The van der Waals surface area contributed by atoms with Gasteiger partial charge >= 0.3 is 0 Å². The van der Waals surface area contributed by atoms with E-state index < -0.39 is 15.4 Å². The highest BCUT2D eigenvalue weighted by Crippen LogP contribution is 2.45. The van der Waals surface area contributed by atoms with Gasteiger partial charge in [0.2, 0.25) is 15.9 Å². The molecule has 0 bridgehead atoms. The van der Waals surface area contributed by atoms with Crippen molar-refractivity contribution in [1.82, 2.24) is 4.72 Å². The van der Waals surface area contributed by atoms with E-state index in [2.05, 4.69) is 10.0 Å². The Morgan fingerprint density at radius 1 is 1.29 bits per heavy atom. The molecule has 1 amide bonds. The van der Waals surface area contributed by atoms with Gasteiger partial charge in [0.25, 0.3) is 0 Å². The van der Waals surface area contributed by atoms with Gasteiger partial charge in [0.1, 0.15) is 0 Å². The first-order valence-electron chi connectivity index (χ1n) is 6.93. The third-order valence-electron chi connectivity index (χ3n) is 3.54. The number of anilines is 1. The topological polar surface area (TPSA) is 101 Å². The van der Waals surface area contributed by atoms with Gasteiger partial charge in [-0.25, -0.2) is 13.1 Å². The van der Waals surface area contributed by atoms with Crippen LogP contribution in [0.4, 0.5) is 5.69 Å². The number of rotatable bonds is 6. The molecule has 0 unspecified atom stereocenters. The zero-order valence-electron chi connectivity index (χ0n) is 12.2. The van der Waals surface area contributed by atoms with Gasteiger partial charge in [-0.1, -0.05) is 0 Å². The molecule has 4 N–H and O–H groups in total. The third-order valence-corrected chi connectivity index (χ3v) is 5.21. The van der Waals surface area contributed by atoms with E-state index in [9.17, 15) is 13.2 Å². The Kier molecular flexibility index (Phi) is 4.36. The minimum Gasteiger partial charge on any atom is -0.329 e. The van der Waals surface area contributed by atoms with Crippen molar-refractivity contribution in [3.05, 3.63) is 24.3 Å². The van der Waals surface area contributed by atoms with Gasteiger partial charge in [-0.3, -0.25) is 4.79 Å². The van der Waals surface area contributed by atoms with Crippen LogP contribution >= 0.6 is 0 Å². The number of benzene rings is 1. The zero-order chi connectivity index (χ0) is 15.7. The minimum absolute atomic E-state index is 0.0964. The zero-order valence-corrected chi connectivity index (χ0v) is 13.0. The molecule has 0 spiro atoms. The van der Waals surface area contributed by atoms with Crippen LogP contribution in [-0.2, 0) is 14.8 Å². The van der Waals surface area contributed by atoms with Crippen LogP contribution in [0.5, 0.6) is 0 Å². The Hall–Kier alpha value is -1.44. The summed E-state index contributed by atoms with van der Waals surface area (Å²) in [6.45, 7) is 3.85. The Morgan fingerprint density at radius 3 is 2.29 bits per heavy atom. The van der Waals surface area contributed by atoms with Gasteiger partial charge in [-0.05, 0) is 51.0 Å². The number of sulfonamides is 1. The van der Waals surface area contributed by atoms with Crippen molar-refractivity contribution < 1.29 is 13.2 Å². The van der Waals surface area contributed by atoms with Gasteiger partial charge in [0, 0.05) is 18.3 Å². The molecule has 6 nitrogen and oxygen atoms in total. The average molecular weight is 311 g/mol. The molecule has 1 saturated carbocycles. The minimum atomic E-state index is -3.51. The molecule has 0 saturated heterocycles. The summed E-state index contributed by atoms with van der Waals surface area (Å²) >= 11 is 0. The fourth-order valence-electron chi connectivity index (χ4n) is 2.03. The Bertz CT molecular complexity index is 619. The Labute approximate surface area is 125 Å². The van der Waals surface area contributed by atoms with E-state index in [1.54, 1.807) is 26.0 Å². The number of amides is 1. The highest BCUT2D eigenvalue weighted by molar-refractivity contribution is 7.89. The van der Waals surface area contributed by atoms with E-state index in [1.807, 2.05) is 0 Å². The molecule has 1 aliphatic carbocycles. The summed E-state index contributed by atoms with van der Waals surface area (Å²) in [7, 11) is -3.51. The molecular formula is C14H21N3O3S. The molecule has 0 heterocycles. The summed E-state index contributed by atoms with van der Waals surface area (Å²) in [5.41, 5.74) is 5.75. The lowest BCUT2D eigenvalue weighted by atomic mass is 10.1. The summed E-state index contributed by atoms with van der Waals surface area (Å²) < 4.78 is 26.5. The van der Waals surface area contributed by atoms with Gasteiger partial charge in [-0.15, -0.1) is 0 Å².